The van der Waals surface area contributed by atoms with Crippen LogP contribution < -0.4 is 11.2 Å². The highest BCUT2D eigenvalue weighted by Gasteiger charge is 2.06. The van der Waals surface area contributed by atoms with Crippen molar-refractivity contribution in [3.63, 3.8) is 0 Å². The molecule has 0 aliphatic heterocycles. The highest BCUT2D eigenvalue weighted by molar-refractivity contribution is 5.73. The number of unbranched alkanes of at least 4 members (excludes halogenated alkanes) is 2. The third-order valence-electron chi connectivity index (χ3n) is 2.18. The van der Waals surface area contributed by atoms with Crippen molar-refractivity contribution in [3.8, 4) is 0 Å². The minimum atomic E-state index is -0.0204. The van der Waals surface area contributed by atoms with Gasteiger partial charge in [-0.2, -0.15) is 0 Å². The van der Waals surface area contributed by atoms with Crippen LogP contribution in [0.5, 0.6) is 0 Å². The van der Waals surface area contributed by atoms with E-state index in [2.05, 4.69) is 12.2 Å². The predicted octanol–water partition coefficient (Wildman–Crippen LogP) is 0.624. The van der Waals surface area contributed by atoms with Crippen LogP contribution in [0, 0.1) is 0 Å². The van der Waals surface area contributed by atoms with Gasteiger partial charge in [0.05, 0.1) is 0 Å². The van der Waals surface area contributed by atoms with E-state index in [0.29, 0.717) is 13.1 Å². The molecular formula is C10H24N4O. The number of nitrogens with two attached hydrogens (primary N) is 1. The number of hydrogen-bond donors (Lipinski definition) is 2. The molecule has 0 atom stereocenters. The molecule has 0 saturated heterocycles. The van der Waals surface area contributed by atoms with Crippen LogP contribution in [0.1, 0.15) is 26.2 Å². The van der Waals surface area contributed by atoms with Crippen LogP contribution in [0.4, 0.5) is 4.79 Å². The summed E-state index contributed by atoms with van der Waals surface area (Å²) in [5, 5.41) is 4.36. The van der Waals surface area contributed by atoms with Gasteiger partial charge in [0.25, 0.3) is 0 Å². The molecule has 90 valence electrons. The van der Waals surface area contributed by atoms with Crippen molar-refractivity contribution < 1.29 is 4.79 Å². The van der Waals surface area contributed by atoms with Crippen LogP contribution in [0.15, 0.2) is 0 Å². The van der Waals surface area contributed by atoms with E-state index in [1.54, 1.807) is 17.0 Å². The van der Waals surface area contributed by atoms with Crippen molar-refractivity contribution in [1.82, 2.24) is 15.2 Å². The molecule has 0 aromatic rings. The molecule has 0 spiro atoms. The fraction of sp³-hybridized carbons (Fsp3) is 0.900. The topological polar surface area (TPSA) is 61.6 Å². The molecule has 0 heterocycles. The van der Waals surface area contributed by atoms with Crippen LogP contribution in [0.2, 0.25) is 0 Å². The van der Waals surface area contributed by atoms with Gasteiger partial charge in [0.15, 0.2) is 0 Å². The molecule has 0 aliphatic carbocycles. The van der Waals surface area contributed by atoms with Gasteiger partial charge in [-0.15, -0.1) is 0 Å². The van der Waals surface area contributed by atoms with Gasteiger partial charge in [0.2, 0.25) is 0 Å². The summed E-state index contributed by atoms with van der Waals surface area (Å²) in [6.07, 6.45) is 3.41. The van der Waals surface area contributed by atoms with Gasteiger partial charge in [-0.3, -0.25) is 5.84 Å². The first-order chi connectivity index (χ1) is 7.07. The Balaban J connectivity index is 3.51. The van der Waals surface area contributed by atoms with Crippen molar-refractivity contribution in [2.45, 2.75) is 26.2 Å². The Labute approximate surface area is 92.6 Å². The number of likely N-dealkylation sites (N-methyl/N-ethyl adjacent to an activating group) is 1. The monoisotopic (exact) mass is 216 g/mol. The lowest BCUT2D eigenvalue weighted by molar-refractivity contribution is 0.206. The summed E-state index contributed by atoms with van der Waals surface area (Å²) < 4.78 is 0. The van der Waals surface area contributed by atoms with Crippen LogP contribution in [0.3, 0.4) is 0 Å². The maximum absolute atomic E-state index is 11.5. The molecule has 0 fully saturated rings. The summed E-state index contributed by atoms with van der Waals surface area (Å²) in [5.41, 5.74) is 0. The average molecular weight is 216 g/mol. The zero-order chi connectivity index (χ0) is 11.7. The quantitative estimate of drug-likeness (QED) is 0.373. The number of carbonyl (C=O) groups excluding carboxylic acids is 1. The standard InChI is InChI=1S/C10H24N4O/c1-4-5-6-8-13(2)10(15)12-7-9-14(3)11/h4-9,11H2,1-3H3,(H,12,15). The lowest BCUT2D eigenvalue weighted by Crippen LogP contribution is -2.42. The van der Waals surface area contributed by atoms with Crippen molar-refractivity contribution in [2.75, 3.05) is 33.7 Å². The number of carbonyl (C=O) groups is 1. The van der Waals surface area contributed by atoms with Gasteiger partial charge in [-0.1, -0.05) is 19.8 Å². The zero-order valence-electron chi connectivity index (χ0n) is 10.1. The molecule has 5 nitrogen and oxygen atoms in total. The second-order valence-electron chi connectivity index (χ2n) is 3.84. The van der Waals surface area contributed by atoms with E-state index in [4.69, 9.17) is 5.84 Å². The smallest absolute Gasteiger partial charge is 0.317 e. The number of hydrogen-bond acceptors (Lipinski definition) is 3. The summed E-state index contributed by atoms with van der Waals surface area (Å²) in [7, 11) is 3.59. The second kappa shape index (κ2) is 8.49. The Morgan fingerprint density at radius 3 is 2.47 bits per heavy atom. The summed E-state index contributed by atoms with van der Waals surface area (Å²) in [6, 6.07) is -0.0204. The van der Waals surface area contributed by atoms with Gasteiger partial charge in [-0.05, 0) is 6.42 Å². The van der Waals surface area contributed by atoms with Crippen LogP contribution in [0.25, 0.3) is 0 Å². The highest BCUT2D eigenvalue weighted by Crippen LogP contribution is 1.96. The Hall–Kier alpha value is -0.810. The van der Waals surface area contributed by atoms with E-state index in [1.165, 1.54) is 12.8 Å². The first-order valence-corrected chi connectivity index (χ1v) is 5.52. The van der Waals surface area contributed by atoms with Crippen LogP contribution in [-0.4, -0.2) is 49.7 Å². The molecule has 0 rings (SSSR count). The van der Waals surface area contributed by atoms with E-state index in [1.807, 2.05) is 7.05 Å². The van der Waals surface area contributed by atoms with Crippen molar-refractivity contribution in [3.05, 3.63) is 0 Å². The van der Waals surface area contributed by atoms with Gasteiger partial charge in [0.1, 0.15) is 0 Å². The summed E-state index contributed by atoms with van der Waals surface area (Å²) in [5.74, 6) is 5.42. The number of amides is 2. The fourth-order valence-corrected chi connectivity index (χ4v) is 1.17. The van der Waals surface area contributed by atoms with E-state index >= 15 is 0 Å². The molecule has 0 saturated carbocycles. The first kappa shape index (κ1) is 14.2. The number of nitrogens with zero attached hydrogens (tertiary/aromatic N) is 2. The largest absolute Gasteiger partial charge is 0.337 e. The lowest BCUT2D eigenvalue weighted by atomic mass is 10.2. The summed E-state index contributed by atoms with van der Waals surface area (Å²) in [4.78, 5) is 13.2. The maximum Gasteiger partial charge on any atom is 0.317 e. The van der Waals surface area contributed by atoms with Gasteiger partial charge < -0.3 is 10.2 Å². The van der Waals surface area contributed by atoms with E-state index in [-0.39, 0.29) is 6.03 Å². The Bertz CT molecular complexity index is 173. The van der Waals surface area contributed by atoms with E-state index in [0.717, 1.165) is 13.0 Å². The maximum atomic E-state index is 11.5. The molecular weight excluding hydrogens is 192 g/mol. The van der Waals surface area contributed by atoms with Gasteiger partial charge in [0, 0.05) is 33.7 Å². The van der Waals surface area contributed by atoms with Crippen LogP contribution in [-0.2, 0) is 0 Å². The van der Waals surface area contributed by atoms with Crippen molar-refractivity contribution in [2.24, 2.45) is 5.84 Å². The molecule has 15 heavy (non-hydrogen) atoms. The first-order valence-electron chi connectivity index (χ1n) is 5.52. The molecule has 0 aromatic carbocycles. The third-order valence-corrected chi connectivity index (χ3v) is 2.18. The SMILES string of the molecule is CCCCCN(C)C(=O)NCCN(C)N. The third kappa shape index (κ3) is 8.20. The molecule has 5 heteroatoms. The number of urea groups is 1. The van der Waals surface area contributed by atoms with E-state index < -0.39 is 0 Å². The zero-order valence-corrected chi connectivity index (χ0v) is 10.1. The molecule has 0 bridgehead atoms. The number of rotatable bonds is 7. The molecule has 2 amide bonds. The fourth-order valence-electron chi connectivity index (χ4n) is 1.17. The Kier molecular flexibility index (Phi) is 8.04. The summed E-state index contributed by atoms with van der Waals surface area (Å²) in [6.45, 7) is 4.22. The Morgan fingerprint density at radius 1 is 1.27 bits per heavy atom. The normalized spacial score (nSPS) is 10.5. The molecule has 3 N–H and O–H groups in total. The molecule has 0 aromatic heterocycles. The Morgan fingerprint density at radius 2 is 1.93 bits per heavy atom. The van der Waals surface area contributed by atoms with Gasteiger partial charge in [-0.25, -0.2) is 9.80 Å². The van der Waals surface area contributed by atoms with Crippen molar-refractivity contribution >= 4 is 6.03 Å². The lowest BCUT2D eigenvalue weighted by Gasteiger charge is -2.18. The van der Waals surface area contributed by atoms with Gasteiger partial charge >= 0.3 is 6.03 Å². The molecule has 0 aliphatic rings. The summed E-state index contributed by atoms with van der Waals surface area (Å²) >= 11 is 0. The predicted molar refractivity (Wildman–Crippen MR) is 62.4 cm³/mol. The number of nitrogens with one attached hydrogen (secondary N) is 1. The molecule has 0 unspecified atom stereocenters. The minimum absolute atomic E-state index is 0.0204. The molecule has 0 radical (unpaired) electrons. The van der Waals surface area contributed by atoms with Crippen molar-refractivity contribution in [1.29, 1.82) is 0 Å². The number of hydrazine groups is 1. The average Bonchev–Trinajstić information content (AvgIpc) is 2.17. The second-order valence-corrected chi connectivity index (χ2v) is 3.84. The van der Waals surface area contributed by atoms with E-state index in [9.17, 15) is 4.79 Å². The highest BCUT2D eigenvalue weighted by atomic mass is 16.2. The van der Waals surface area contributed by atoms with Crippen LogP contribution >= 0.6 is 0 Å². The minimum Gasteiger partial charge on any atom is -0.337 e.